The molecule has 1 aliphatic rings. The normalized spacial score (nSPS) is 16.3. The van der Waals surface area contributed by atoms with Gasteiger partial charge in [0.25, 0.3) is 0 Å². The minimum atomic E-state index is -4.56. The second-order valence-corrected chi connectivity index (χ2v) is 8.82. The highest BCUT2D eigenvalue weighted by Gasteiger charge is 2.28. The van der Waals surface area contributed by atoms with E-state index in [0.717, 1.165) is 23.5 Å². The van der Waals surface area contributed by atoms with Crippen molar-refractivity contribution in [3.63, 3.8) is 0 Å². The molecule has 1 atom stereocenters. The van der Waals surface area contributed by atoms with Crippen LogP contribution in [0.4, 0.5) is 4.79 Å². The van der Waals surface area contributed by atoms with E-state index in [0.29, 0.717) is 5.92 Å². The van der Waals surface area contributed by atoms with Crippen molar-refractivity contribution in [2.45, 2.75) is 45.6 Å². The number of carbonyl (C=O) groups is 1. The Labute approximate surface area is 177 Å². The maximum Gasteiger partial charge on any atom is 0.588 e. The monoisotopic (exact) mass is 433 g/mol. The summed E-state index contributed by atoms with van der Waals surface area (Å²) >= 11 is 0. The van der Waals surface area contributed by atoms with E-state index >= 15 is 0 Å². The highest BCUT2D eigenvalue weighted by Crippen LogP contribution is 2.43. The number of nitrogens with one attached hydrogen (secondary N) is 1. The predicted octanol–water partition coefficient (Wildman–Crippen LogP) is 5.36. The Morgan fingerprint density at radius 2 is 1.87 bits per heavy atom. The number of para-hydroxylation sites is 1. The lowest BCUT2D eigenvalue weighted by atomic mass is 9.90. The molecule has 8 heteroatoms. The quantitative estimate of drug-likeness (QED) is 0.545. The summed E-state index contributed by atoms with van der Waals surface area (Å²) in [7, 11) is -4.56. The van der Waals surface area contributed by atoms with Gasteiger partial charge in [-0.25, -0.2) is 9.36 Å². The van der Waals surface area contributed by atoms with Gasteiger partial charge in [0.05, 0.1) is 6.61 Å². The summed E-state index contributed by atoms with van der Waals surface area (Å²) in [6.07, 6.45) is 5.31. The molecule has 0 aliphatic heterocycles. The Kier molecular flexibility index (Phi) is 7.77. The van der Waals surface area contributed by atoms with Crippen LogP contribution in [-0.4, -0.2) is 17.6 Å². The Hall–Kier alpha value is -2.50. The number of aryl methyl sites for hydroxylation is 1. The van der Waals surface area contributed by atoms with Crippen molar-refractivity contribution in [2.75, 3.05) is 6.61 Å². The number of amides is 1. The van der Waals surface area contributed by atoms with Gasteiger partial charge in [-0.3, -0.25) is 4.89 Å². The molecule has 0 heterocycles. The predicted molar refractivity (Wildman–Crippen MR) is 113 cm³/mol. The topological polar surface area (TPSA) is 94.1 Å². The first-order valence-electron chi connectivity index (χ1n) is 10.2. The molecule has 2 N–H and O–H groups in total. The van der Waals surface area contributed by atoms with Gasteiger partial charge < -0.3 is 19.1 Å². The van der Waals surface area contributed by atoms with E-state index < -0.39 is 13.9 Å². The third kappa shape index (κ3) is 7.08. The van der Waals surface area contributed by atoms with Gasteiger partial charge in [-0.05, 0) is 55.0 Å². The number of hydrogen-bond donors (Lipinski definition) is 2. The molecular formula is C22H28NO6P. The van der Waals surface area contributed by atoms with Gasteiger partial charge in [-0.2, -0.15) is 0 Å². The van der Waals surface area contributed by atoms with Crippen LogP contribution in [0, 0.1) is 12.8 Å². The minimum absolute atomic E-state index is 0.135. The highest BCUT2D eigenvalue weighted by molar-refractivity contribution is 7.48. The summed E-state index contributed by atoms with van der Waals surface area (Å²) in [6.45, 7) is 2.83. The van der Waals surface area contributed by atoms with Crippen molar-refractivity contribution >= 4 is 13.9 Å². The van der Waals surface area contributed by atoms with E-state index in [4.69, 9.17) is 9.26 Å². The van der Waals surface area contributed by atoms with E-state index in [1.54, 1.807) is 18.2 Å². The summed E-state index contributed by atoms with van der Waals surface area (Å²) in [5.74, 6) is 1.60. The van der Waals surface area contributed by atoms with Gasteiger partial charge in [0, 0.05) is 6.54 Å². The fourth-order valence-corrected chi connectivity index (χ4v) is 4.19. The van der Waals surface area contributed by atoms with Gasteiger partial charge in [-0.1, -0.05) is 49.6 Å². The smallest absolute Gasteiger partial charge is 0.493 e. The fraction of sp³-hybridized carbons (Fsp3) is 0.409. The molecule has 1 fully saturated rings. The molecule has 0 bridgehead atoms. The van der Waals surface area contributed by atoms with Crippen LogP contribution in [0.2, 0.25) is 0 Å². The van der Waals surface area contributed by atoms with Crippen LogP contribution in [0.5, 0.6) is 11.5 Å². The average Bonchev–Trinajstić information content (AvgIpc) is 2.72. The molecule has 1 unspecified atom stereocenters. The Morgan fingerprint density at radius 3 is 2.57 bits per heavy atom. The van der Waals surface area contributed by atoms with Crippen LogP contribution >= 0.6 is 7.82 Å². The van der Waals surface area contributed by atoms with Gasteiger partial charge in [0.2, 0.25) is 0 Å². The van der Waals surface area contributed by atoms with Gasteiger partial charge >= 0.3 is 13.9 Å². The largest absolute Gasteiger partial charge is 0.588 e. The summed E-state index contributed by atoms with van der Waals surface area (Å²) in [4.78, 5) is 21.6. The van der Waals surface area contributed by atoms with Crippen molar-refractivity contribution in [2.24, 2.45) is 5.92 Å². The maximum atomic E-state index is 11.9. The second kappa shape index (κ2) is 10.5. The molecule has 0 radical (unpaired) electrons. The Balaban J connectivity index is 1.46. The first kappa shape index (κ1) is 22.2. The number of rotatable bonds is 8. The Bertz CT molecular complexity index is 882. The van der Waals surface area contributed by atoms with Crippen molar-refractivity contribution in [3.8, 4) is 11.5 Å². The molecule has 0 aromatic heterocycles. The van der Waals surface area contributed by atoms with E-state index in [1.807, 2.05) is 25.1 Å². The first-order chi connectivity index (χ1) is 14.4. The van der Waals surface area contributed by atoms with Gasteiger partial charge in [0.1, 0.15) is 11.5 Å². The molecule has 162 valence electrons. The van der Waals surface area contributed by atoms with E-state index in [9.17, 15) is 14.3 Å². The minimum Gasteiger partial charge on any atom is -0.493 e. The lowest BCUT2D eigenvalue weighted by molar-refractivity contribution is 0.178. The zero-order valence-electron chi connectivity index (χ0n) is 17.1. The average molecular weight is 433 g/mol. The Morgan fingerprint density at radius 1 is 1.13 bits per heavy atom. The molecule has 0 saturated heterocycles. The standard InChI is InChI=1S/C22H28NO6P/c1-17-14-19(12-13-21(17)27-16-18-8-4-2-5-9-18)15-23-22(24)29-30(25,26)28-20-10-6-3-7-11-20/h3,6-7,10-14,18H,2,4-5,8-9,15-16H2,1H3,(H,23,24)(H,25,26). The number of ether oxygens (including phenoxy) is 1. The van der Waals surface area contributed by atoms with Crippen molar-refractivity contribution in [1.29, 1.82) is 0 Å². The third-order valence-corrected chi connectivity index (χ3v) is 5.88. The molecule has 2 aromatic rings. The molecule has 1 aliphatic carbocycles. The van der Waals surface area contributed by atoms with Crippen LogP contribution in [0.25, 0.3) is 0 Å². The molecule has 30 heavy (non-hydrogen) atoms. The van der Waals surface area contributed by atoms with Gasteiger partial charge in [0.15, 0.2) is 0 Å². The van der Waals surface area contributed by atoms with E-state index in [-0.39, 0.29) is 12.3 Å². The summed E-state index contributed by atoms with van der Waals surface area (Å²) in [6, 6.07) is 13.6. The van der Waals surface area contributed by atoms with Crippen molar-refractivity contribution < 1.29 is 28.0 Å². The third-order valence-electron chi connectivity index (χ3n) is 5.04. The highest BCUT2D eigenvalue weighted by atomic mass is 31.2. The molecular weight excluding hydrogens is 405 g/mol. The van der Waals surface area contributed by atoms with Crippen LogP contribution in [0.15, 0.2) is 48.5 Å². The lowest BCUT2D eigenvalue weighted by Gasteiger charge is -2.22. The maximum absolute atomic E-state index is 11.9. The lowest BCUT2D eigenvalue weighted by Crippen LogP contribution is -2.23. The van der Waals surface area contributed by atoms with Gasteiger partial charge in [-0.15, -0.1) is 0 Å². The fourth-order valence-electron chi connectivity index (χ4n) is 3.49. The van der Waals surface area contributed by atoms with Crippen LogP contribution in [0.3, 0.4) is 0 Å². The second-order valence-electron chi connectivity index (χ2n) is 7.52. The van der Waals surface area contributed by atoms with Crippen molar-refractivity contribution in [3.05, 3.63) is 59.7 Å². The molecule has 2 aromatic carbocycles. The zero-order valence-corrected chi connectivity index (χ0v) is 18.0. The zero-order chi connectivity index (χ0) is 21.4. The number of hydrogen-bond acceptors (Lipinski definition) is 5. The van der Waals surface area contributed by atoms with Crippen LogP contribution < -0.4 is 14.6 Å². The number of phosphoric acid groups is 1. The molecule has 0 spiro atoms. The number of phosphoric ester groups is 1. The SMILES string of the molecule is Cc1cc(CNC(=O)OP(=O)(O)Oc2ccccc2)ccc1OCC1CCCCC1. The molecule has 1 amide bonds. The van der Waals surface area contributed by atoms with Crippen LogP contribution in [-0.2, 0) is 15.6 Å². The molecule has 7 nitrogen and oxygen atoms in total. The first-order valence-corrected chi connectivity index (χ1v) is 11.7. The molecule has 1 saturated carbocycles. The van der Waals surface area contributed by atoms with E-state index in [1.165, 1.54) is 44.2 Å². The summed E-state index contributed by atoms with van der Waals surface area (Å²) < 4.78 is 27.3. The summed E-state index contributed by atoms with van der Waals surface area (Å²) in [5, 5.41) is 2.46. The number of benzene rings is 2. The summed E-state index contributed by atoms with van der Waals surface area (Å²) in [5.41, 5.74) is 1.80. The number of carbonyl (C=O) groups excluding carboxylic acids is 1. The molecule has 3 rings (SSSR count). The van der Waals surface area contributed by atoms with E-state index in [2.05, 4.69) is 9.84 Å². The van der Waals surface area contributed by atoms with Crippen LogP contribution in [0.1, 0.15) is 43.2 Å². The van der Waals surface area contributed by atoms with Crippen molar-refractivity contribution in [1.82, 2.24) is 5.32 Å².